The van der Waals surface area contributed by atoms with Gasteiger partial charge in [0.25, 0.3) is 0 Å². The van der Waals surface area contributed by atoms with Crippen LogP contribution in [0.5, 0.6) is 0 Å². The summed E-state index contributed by atoms with van der Waals surface area (Å²) in [5.74, 6) is 0. The Labute approximate surface area is 102 Å². The highest BCUT2D eigenvalue weighted by atomic mass is 15.0. The van der Waals surface area contributed by atoms with Crippen LogP contribution in [-0.2, 0) is 0 Å². The van der Waals surface area contributed by atoms with Gasteiger partial charge in [-0.2, -0.15) is 0 Å². The minimum Gasteiger partial charge on any atom is -0.312 e. The zero-order valence-electron chi connectivity index (χ0n) is 11.2. The first-order chi connectivity index (χ1) is 7.83. The molecule has 2 atom stereocenters. The smallest absolute Gasteiger partial charge is 0.00696 e. The van der Waals surface area contributed by atoms with E-state index in [2.05, 4.69) is 31.3 Å². The van der Waals surface area contributed by atoms with Gasteiger partial charge in [-0.1, -0.05) is 38.3 Å². The number of piperidine rings is 1. The molecule has 0 spiro atoms. The Morgan fingerprint density at radius 2 is 1.88 bits per heavy atom. The Morgan fingerprint density at radius 1 is 1.12 bits per heavy atom. The van der Waals surface area contributed by atoms with Crippen molar-refractivity contribution in [3.05, 3.63) is 12.2 Å². The van der Waals surface area contributed by atoms with Crippen LogP contribution < -0.4 is 5.32 Å². The molecular weight excluding hydrogens is 194 g/mol. The Balaban J connectivity index is 1.96. The SMILES string of the molecule is CCCC/C=C\CCC[C@H]1CCC[C@H](C)N1. The lowest BCUT2D eigenvalue weighted by Crippen LogP contribution is -2.40. The Morgan fingerprint density at radius 3 is 2.56 bits per heavy atom. The molecule has 0 aliphatic carbocycles. The second-order valence-corrected chi connectivity index (χ2v) is 5.24. The molecule has 1 fully saturated rings. The van der Waals surface area contributed by atoms with Crippen LogP contribution in [0.1, 0.15) is 71.6 Å². The maximum Gasteiger partial charge on any atom is 0.00696 e. The van der Waals surface area contributed by atoms with Crippen LogP contribution in [0.25, 0.3) is 0 Å². The molecular formula is C15H29N. The molecule has 1 nitrogen and oxygen atoms in total. The molecule has 0 amide bonds. The van der Waals surface area contributed by atoms with Crippen molar-refractivity contribution in [3.8, 4) is 0 Å². The Kier molecular flexibility index (Phi) is 7.58. The minimum atomic E-state index is 0.749. The van der Waals surface area contributed by atoms with Crippen molar-refractivity contribution in [2.45, 2.75) is 83.7 Å². The molecule has 1 N–H and O–H groups in total. The molecule has 0 bridgehead atoms. The van der Waals surface area contributed by atoms with E-state index in [-0.39, 0.29) is 0 Å². The summed E-state index contributed by atoms with van der Waals surface area (Å²) in [6, 6.07) is 1.55. The summed E-state index contributed by atoms with van der Waals surface area (Å²) in [4.78, 5) is 0. The highest BCUT2D eigenvalue weighted by molar-refractivity contribution is 4.83. The standard InChI is InChI=1S/C15H29N/c1-3-4-5-6-7-8-9-12-15-13-10-11-14(2)16-15/h6-7,14-16H,3-5,8-13H2,1-2H3/b7-6-/t14-,15-/m0/s1. The number of hydrogen-bond acceptors (Lipinski definition) is 1. The number of hydrogen-bond donors (Lipinski definition) is 1. The molecule has 0 aromatic heterocycles. The van der Waals surface area contributed by atoms with Crippen molar-refractivity contribution >= 4 is 0 Å². The third-order valence-electron chi connectivity index (χ3n) is 3.52. The molecule has 0 radical (unpaired) electrons. The Bertz CT molecular complexity index is 186. The fraction of sp³-hybridized carbons (Fsp3) is 0.867. The lowest BCUT2D eigenvalue weighted by Gasteiger charge is -2.28. The van der Waals surface area contributed by atoms with E-state index in [0.717, 1.165) is 12.1 Å². The number of allylic oxidation sites excluding steroid dienone is 2. The fourth-order valence-corrected chi connectivity index (χ4v) is 2.51. The number of nitrogens with one attached hydrogen (secondary N) is 1. The van der Waals surface area contributed by atoms with Gasteiger partial charge in [-0.05, 0) is 45.4 Å². The van der Waals surface area contributed by atoms with Crippen LogP contribution in [0.15, 0.2) is 12.2 Å². The van der Waals surface area contributed by atoms with E-state index < -0.39 is 0 Å². The summed E-state index contributed by atoms with van der Waals surface area (Å²) < 4.78 is 0. The molecule has 1 saturated heterocycles. The largest absolute Gasteiger partial charge is 0.312 e. The normalized spacial score (nSPS) is 26.4. The predicted octanol–water partition coefficient (Wildman–Crippen LogP) is 4.43. The van der Waals surface area contributed by atoms with Gasteiger partial charge in [0.2, 0.25) is 0 Å². The van der Waals surface area contributed by atoms with Crippen molar-refractivity contribution in [2.75, 3.05) is 0 Å². The van der Waals surface area contributed by atoms with Crippen LogP contribution in [0.2, 0.25) is 0 Å². The van der Waals surface area contributed by atoms with E-state index in [1.807, 2.05) is 0 Å². The zero-order valence-corrected chi connectivity index (χ0v) is 11.2. The average molecular weight is 223 g/mol. The third kappa shape index (κ3) is 6.32. The monoisotopic (exact) mass is 223 g/mol. The maximum atomic E-state index is 3.70. The first kappa shape index (κ1) is 13.8. The molecule has 0 aromatic rings. The van der Waals surface area contributed by atoms with E-state index in [1.54, 1.807) is 0 Å². The van der Waals surface area contributed by atoms with E-state index in [1.165, 1.54) is 57.8 Å². The van der Waals surface area contributed by atoms with Crippen molar-refractivity contribution in [1.29, 1.82) is 0 Å². The van der Waals surface area contributed by atoms with Crippen molar-refractivity contribution in [1.82, 2.24) is 5.32 Å². The molecule has 16 heavy (non-hydrogen) atoms. The lowest BCUT2D eigenvalue weighted by molar-refractivity contribution is 0.318. The van der Waals surface area contributed by atoms with E-state index in [0.29, 0.717) is 0 Å². The van der Waals surface area contributed by atoms with Gasteiger partial charge in [0, 0.05) is 12.1 Å². The van der Waals surface area contributed by atoms with Crippen LogP contribution >= 0.6 is 0 Å². The molecule has 1 aliphatic heterocycles. The molecule has 1 heteroatoms. The van der Waals surface area contributed by atoms with Gasteiger partial charge in [-0.25, -0.2) is 0 Å². The summed E-state index contributed by atoms with van der Waals surface area (Å²) in [7, 11) is 0. The predicted molar refractivity (Wildman–Crippen MR) is 72.8 cm³/mol. The second-order valence-electron chi connectivity index (χ2n) is 5.24. The van der Waals surface area contributed by atoms with Gasteiger partial charge in [-0.15, -0.1) is 0 Å². The van der Waals surface area contributed by atoms with E-state index in [4.69, 9.17) is 0 Å². The lowest BCUT2D eigenvalue weighted by atomic mass is 9.96. The van der Waals surface area contributed by atoms with Crippen LogP contribution in [0.3, 0.4) is 0 Å². The zero-order chi connectivity index (χ0) is 11.6. The molecule has 0 saturated carbocycles. The van der Waals surface area contributed by atoms with Crippen LogP contribution in [0.4, 0.5) is 0 Å². The fourth-order valence-electron chi connectivity index (χ4n) is 2.51. The van der Waals surface area contributed by atoms with Gasteiger partial charge in [0.15, 0.2) is 0 Å². The van der Waals surface area contributed by atoms with Gasteiger partial charge < -0.3 is 5.32 Å². The Hall–Kier alpha value is -0.300. The molecule has 0 aromatic carbocycles. The third-order valence-corrected chi connectivity index (χ3v) is 3.52. The quantitative estimate of drug-likeness (QED) is 0.497. The van der Waals surface area contributed by atoms with Gasteiger partial charge >= 0.3 is 0 Å². The topological polar surface area (TPSA) is 12.0 Å². The molecule has 0 unspecified atom stereocenters. The van der Waals surface area contributed by atoms with E-state index >= 15 is 0 Å². The highest BCUT2D eigenvalue weighted by Gasteiger charge is 2.16. The highest BCUT2D eigenvalue weighted by Crippen LogP contribution is 2.16. The molecule has 1 heterocycles. The first-order valence-electron chi connectivity index (χ1n) is 7.24. The summed E-state index contributed by atoms with van der Waals surface area (Å²) in [6.45, 7) is 4.57. The average Bonchev–Trinajstić information content (AvgIpc) is 2.28. The van der Waals surface area contributed by atoms with Crippen molar-refractivity contribution in [2.24, 2.45) is 0 Å². The minimum absolute atomic E-state index is 0.749. The van der Waals surface area contributed by atoms with E-state index in [9.17, 15) is 0 Å². The van der Waals surface area contributed by atoms with Crippen molar-refractivity contribution < 1.29 is 0 Å². The summed E-state index contributed by atoms with van der Waals surface area (Å²) in [6.07, 6.45) is 16.8. The molecule has 1 aliphatic rings. The number of rotatable bonds is 7. The summed E-state index contributed by atoms with van der Waals surface area (Å²) in [5, 5.41) is 3.70. The number of unbranched alkanes of at least 4 members (excludes halogenated alkanes) is 3. The first-order valence-corrected chi connectivity index (χ1v) is 7.24. The van der Waals surface area contributed by atoms with Gasteiger partial charge in [0.1, 0.15) is 0 Å². The molecule has 94 valence electrons. The van der Waals surface area contributed by atoms with Gasteiger partial charge in [0.05, 0.1) is 0 Å². The summed E-state index contributed by atoms with van der Waals surface area (Å²) >= 11 is 0. The molecule has 1 rings (SSSR count). The summed E-state index contributed by atoms with van der Waals surface area (Å²) in [5.41, 5.74) is 0. The van der Waals surface area contributed by atoms with Crippen molar-refractivity contribution in [3.63, 3.8) is 0 Å². The second kappa shape index (κ2) is 8.81. The maximum absolute atomic E-state index is 3.70. The van der Waals surface area contributed by atoms with Crippen LogP contribution in [-0.4, -0.2) is 12.1 Å². The van der Waals surface area contributed by atoms with Gasteiger partial charge in [-0.3, -0.25) is 0 Å². The van der Waals surface area contributed by atoms with Crippen LogP contribution in [0, 0.1) is 0 Å².